The van der Waals surface area contributed by atoms with E-state index in [1.54, 1.807) is 0 Å². The molecule has 0 unspecified atom stereocenters. The molecule has 0 bridgehead atoms. The zero-order valence-electron chi connectivity index (χ0n) is 14.0. The maximum atomic E-state index is 12.2. The quantitative estimate of drug-likeness (QED) is 0.757. The minimum absolute atomic E-state index is 0.00420. The predicted octanol–water partition coefficient (Wildman–Crippen LogP) is 4.40. The minimum Gasteiger partial charge on any atom is -0.483 e. The summed E-state index contributed by atoms with van der Waals surface area (Å²) in [6, 6.07) is 21.9. The lowest BCUT2D eigenvalue weighted by molar-refractivity contribution is -0.123. The van der Waals surface area contributed by atoms with Gasteiger partial charge in [-0.25, -0.2) is 0 Å². The van der Waals surface area contributed by atoms with Crippen LogP contribution < -0.4 is 10.1 Å². The van der Waals surface area contributed by atoms with Gasteiger partial charge in [0.15, 0.2) is 6.61 Å². The number of nitrogens with one attached hydrogen (secondary N) is 1. The van der Waals surface area contributed by atoms with Gasteiger partial charge in [0, 0.05) is 5.39 Å². The van der Waals surface area contributed by atoms with Gasteiger partial charge in [-0.15, -0.1) is 0 Å². The third-order valence-electron chi connectivity index (χ3n) is 4.14. The van der Waals surface area contributed by atoms with E-state index in [2.05, 4.69) is 5.32 Å². The number of benzene rings is 3. The standard InChI is InChI=1S/C21H21NO2/c1-15-8-3-5-11-18(15)16(2)22-21(23)14-24-20-13-7-10-17-9-4-6-12-19(17)20/h3-13,16H,14H2,1-2H3,(H,22,23)/t16-/m1/s1. The molecule has 3 nitrogen and oxygen atoms in total. The summed E-state index contributed by atoms with van der Waals surface area (Å²) in [7, 11) is 0. The van der Waals surface area contributed by atoms with Crippen LogP contribution in [0.4, 0.5) is 0 Å². The Morgan fingerprint density at radius 2 is 1.71 bits per heavy atom. The molecular formula is C21H21NO2. The Morgan fingerprint density at radius 1 is 1.00 bits per heavy atom. The predicted molar refractivity (Wildman–Crippen MR) is 97.2 cm³/mol. The van der Waals surface area contributed by atoms with Crippen LogP contribution in [0.1, 0.15) is 24.1 Å². The van der Waals surface area contributed by atoms with Crippen molar-refractivity contribution in [1.29, 1.82) is 0 Å². The van der Waals surface area contributed by atoms with Crippen molar-refractivity contribution >= 4 is 16.7 Å². The fraction of sp³-hybridized carbons (Fsp3) is 0.190. The number of rotatable bonds is 5. The van der Waals surface area contributed by atoms with Crippen LogP contribution in [0.5, 0.6) is 5.75 Å². The number of ether oxygens (including phenoxy) is 1. The number of aryl methyl sites for hydroxylation is 1. The van der Waals surface area contributed by atoms with Crippen LogP contribution in [0.15, 0.2) is 66.7 Å². The summed E-state index contributed by atoms with van der Waals surface area (Å²) in [4.78, 5) is 12.2. The topological polar surface area (TPSA) is 38.3 Å². The Kier molecular flexibility index (Phi) is 4.80. The average Bonchev–Trinajstić information content (AvgIpc) is 2.60. The van der Waals surface area contributed by atoms with E-state index >= 15 is 0 Å². The Bertz CT molecular complexity index is 852. The summed E-state index contributed by atoms with van der Waals surface area (Å²) in [6.07, 6.45) is 0. The Hall–Kier alpha value is -2.81. The zero-order valence-corrected chi connectivity index (χ0v) is 14.0. The van der Waals surface area contributed by atoms with Crippen molar-refractivity contribution in [2.24, 2.45) is 0 Å². The molecule has 0 aromatic heterocycles. The molecular weight excluding hydrogens is 298 g/mol. The number of carbonyl (C=O) groups is 1. The number of fused-ring (bicyclic) bond motifs is 1. The van der Waals surface area contributed by atoms with Gasteiger partial charge in [0.25, 0.3) is 5.91 Å². The first kappa shape index (κ1) is 16.1. The third-order valence-corrected chi connectivity index (χ3v) is 4.14. The van der Waals surface area contributed by atoms with Crippen molar-refractivity contribution < 1.29 is 9.53 Å². The lowest BCUT2D eigenvalue weighted by Crippen LogP contribution is -2.31. The highest BCUT2D eigenvalue weighted by Crippen LogP contribution is 2.25. The summed E-state index contributed by atoms with van der Waals surface area (Å²) >= 11 is 0. The van der Waals surface area contributed by atoms with E-state index in [1.807, 2.05) is 80.6 Å². The smallest absolute Gasteiger partial charge is 0.258 e. The molecule has 24 heavy (non-hydrogen) atoms. The highest BCUT2D eigenvalue weighted by molar-refractivity contribution is 5.88. The molecule has 0 saturated carbocycles. The fourth-order valence-corrected chi connectivity index (χ4v) is 2.90. The molecule has 0 spiro atoms. The van der Waals surface area contributed by atoms with E-state index in [0.29, 0.717) is 0 Å². The normalized spacial score (nSPS) is 11.9. The number of carbonyl (C=O) groups excluding carboxylic acids is 1. The molecule has 0 aliphatic carbocycles. The van der Waals surface area contributed by atoms with Crippen molar-refractivity contribution in [3.63, 3.8) is 0 Å². The summed E-state index contributed by atoms with van der Waals surface area (Å²) < 4.78 is 5.74. The highest BCUT2D eigenvalue weighted by Gasteiger charge is 2.12. The van der Waals surface area contributed by atoms with E-state index in [-0.39, 0.29) is 18.6 Å². The fourth-order valence-electron chi connectivity index (χ4n) is 2.90. The van der Waals surface area contributed by atoms with Gasteiger partial charge in [0.1, 0.15) is 5.75 Å². The van der Waals surface area contributed by atoms with Gasteiger partial charge in [0.2, 0.25) is 0 Å². The van der Waals surface area contributed by atoms with Crippen molar-refractivity contribution in [3.05, 3.63) is 77.9 Å². The molecule has 1 amide bonds. The van der Waals surface area contributed by atoms with E-state index in [1.165, 1.54) is 5.56 Å². The van der Waals surface area contributed by atoms with Gasteiger partial charge in [-0.3, -0.25) is 4.79 Å². The van der Waals surface area contributed by atoms with Crippen LogP contribution in [0.3, 0.4) is 0 Å². The third kappa shape index (κ3) is 3.57. The SMILES string of the molecule is Cc1ccccc1[C@@H](C)NC(=O)COc1cccc2ccccc12. The number of hydrogen-bond donors (Lipinski definition) is 1. The molecule has 122 valence electrons. The average molecular weight is 319 g/mol. The van der Waals surface area contributed by atoms with Gasteiger partial charge in [-0.2, -0.15) is 0 Å². The Labute approximate surface area is 142 Å². The largest absolute Gasteiger partial charge is 0.483 e. The second-order valence-corrected chi connectivity index (χ2v) is 5.91. The zero-order chi connectivity index (χ0) is 16.9. The van der Waals surface area contributed by atoms with Crippen molar-refractivity contribution in [1.82, 2.24) is 5.32 Å². The van der Waals surface area contributed by atoms with Crippen molar-refractivity contribution in [2.45, 2.75) is 19.9 Å². The first-order valence-electron chi connectivity index (χ1n) is 8.10. The van der Waals surface area contributed by atoms with Gasteiger partial charge >= 0.3 is 0 Å². The minimum atomic E-state index is -0.126. The molecule has 0 aliphatic heterocycles. The van der Waals surface area contributed by atoms with E-state index in [4.69, 9.17) is 4.74 Å². The van der Waals surface area contributed by atoms with Crippen molar-refractivity contribution in [3.8, 4) is 5.75 Å². The van der Waals surface area contributed by atoms with Crippen LogP contribution in [-0.2, 0) is 4.79 Å². The maximum absolute atomic E-state index is 12.2. The molecule has 3 aromatic carbocycles. The molecule has 0 aliphatic rings. The molecule has 0 fully saturated rings. The maximum Gasteiger partial charge on any atom is 0.258 e. The second-order valence-electron chi connectivity index (χ2n) is 5.91. The Balaban J connectivity index is 1.64. The monoisotopic (exact) mass is 319 g/mol. The molecule has 3 heteroatoms. The van der Waals surface area contributed by atoms with Gasteiger partial charge in [0.05, 0.1) is 6.04 Å². The molecule has 0 heterocycles. The van der Waals surface area contributed by atoms with Crippen molar-refractivity contribution in [2.75, 3.05) is 6.61 Å². The van der Waals surface area contributed by atoms with Gasteiger partial charge in [-0.1, -0.05) is 60.7 Å². The molecule has 0 saturated heterocycles. The number of hydrogen-bond acceptors (Lipinski definition) is 2. The lowest BCUT2D eigenvalue weighted by atomic mass is 10.0. The first-order chi connectivity index (χ1) is 11.6. The molecule has 1 N–H and O–H groups in total. The second kappa shape index (κ2) is 7.18. The highest BCUT2D eigenvalue weighted by atomic mass is 16.5. The van der Waals surface area contributed by atoms with Gasteiger partial charge in [-0.05, 0) is 36.4 Å². The molecule has 1 atom stereocenters. The van der Waals surface area contributed by atoms with Crippen LogP contribution in [0.2, 0.25) is 0 Å². The summed E-state index contributed by atoms with van der Waals surface area (Å²) in [6.45, 7) is 4.03. The van der Waals surface area contributed by atoms with Crippen LogP contribution >= 0.6 is 0 Å². The van der Waals surface area contributed by atoms with E-state index in [9.17, 15) is 4.79 Å². The Morgan fingerprint density at radius 3 is 2.54 bits per heavy atom. The van der Waals surface area contributed by atoms with Crippen LogP contribution in [0, 0.1) is 6.92 Å². The lowest BCUT2D eigenvalue weighted by Gasteiger charge is -2.17. The van der Waals surface area contributed by atoms with E-state index in [0.717, 1.165) is 22.1 Å². The summed E-state index contributed by atoms with van der Waals surface area (Å²) in [5.74, 6) is 0.602. The molecule has 3 aromatic rings. The van der Waals surface area contributed by atoms with E-state index < -0.39 is 0 Å². The summed E-state index contributed by atoms with van der Waals surface area (Å²) in [5, 5.41) is 5.11. The molecule has 3 rings (SSSR count). The summed E-state index contributed by atoms with van der Waals surface area (Å²) in [5.41, 5.74) is 2.29. The molecule has 0 radical (unpaired) electrons. The van der Waals surface area contributed by atoms with Crippen LogP contribution in [-0.4, -0.2) is 12.5 Å². The van der Waals surface area contributed by atoms with Gasteiger partial charge < -0.3 is 10.1 Å². The number of amides is 1. The first-order valence-corrected chi connectivity index (χ1v) is 8.10. The van der Waals surface area contributed by atoms with Crippen LogP contribution in [0.25, 0.3) is 10.8 Å².